The number of pyridine rings is 1. The number of carbonyl (C=O) groups excluding carboxylic acids is 1. The van der Waals surface area contributed by atoms with E-state index >= 15 is 0 Å². The number of rotatable bonds is 6. The Morgan fingerprint density at radius 1 is 1.26 bits per heavy atom. The molecule has 0 aliphatic rings. The Labute approximate surface area is 134 Å². The van der Waals surface area contributed by atoms with Gasteiger partial charge < -0.3 is 5.32 Å². The summed E-state index contributed by atoms with van der Waals surface area (Å²) in [5, 5.41) is 2.70. The number of aromatic nitrogens is 1. The van der Waals surface area contributed by atoms with Gasteiger partial charge >= 0.3 is 0 Å². The minimum atomic E-state index is -3.79. The molecule has 7 nitrogen and oxygen atoms in total. The Hall–Kier alpha value is -2.29. The molecule has 1 amide bonds. The second-order valence-corrected chi connectivity index (χ2v) is 6.56. The minimum absolute atomic E-state index is 0.0210. The molecule has 0 spiro atoms. The monoisotopic (exact) mass is 335 g/mol. The van der Waals surface area contributed by atoms with Gasteiger partial charge in [0.2, 0.25) is 0 Å². The van der Waals surface area contributed by atoms with Crippen molar-refractivity contribution in [1.82, 2.24) is 14.8 Å². The summed E-state index contributed by atoms with van der Waals surface area (Å²) in [6.45, 7) is 0.259. The highest BCUT2D eigenvalue weighted by molar-refractivity contribution is 7.89. The zero-order valence-corrected chi connectivity index (χ0v) is 13.6. The molecule has 0 saturated carbocycles. The van der Waals surface area contributed by atoms with Crippen LogP contribution in [-0.2, 0) is 21.4 Å². The van der Waals surface area contributed by atoms with Crippen molar-refractivity contribution >= 4 is 15.9 Å². The molecule has 8 heteroatoms. The maximum atomic E-state index is 12.2. The highest BCUT2D eigenvalue weighted by Crippen LogP contribution is 2.16. The normalized spacial score (nSPS) is 11.4. The van der Waals surface area contributed by atoms with Gasteiger partial charge in [0, 0.05) is 18.8 Å². The molecule has 0 aliphatic heterocycles. The largest absolute Gasteiger partial charge is 0.346 e. The Bertz CT molecular complexity index is 778. The Morgan fingerprint density at radius 2 is 2.04 bits per heavy atom. The van der Waals surface area contributed by atoms with E-state index in [-0.39, 0.29) is 22.9 Å². The molecule has 2 rings (SSSR count). The van der Waals surface area contributed by atoms with Crippen molar-refractivity contribution in [2.24, 2.45) is 0 Å². The van der Waals surface area contributed by atoms with Crippen molar-refractivity contribution in [3.8, 4) is 0 Å². The second kappa shape index (κ2) is 7.32. The Balaban J connectivity index is 2.15. The minimum Gasteiger partial charge on any atom is -0.346 e. The predicted octanol–water partition coefficient (Wildman–Crippen LogP) is 1.19. The van der Waals surface area contributed by atoms with E-state index in [1.807, 2.05) is 6.07 Å². The molecule has 1 aromatic carbocycles. The summed E-state index contributed by atoms with van der Waals surface area (Å²) in [5.41, 5.74) is 0.954. The standard InChI is InChI=1S/C15H17N3O4S/c1-18(22-2)23(20,21)14-8-5-6-12(10-14)15(19)17-11-13-7-3-4-9-16-13/h3-10H,11H2,1-2H3,(H,17,19). The molecule has 0 aliphatic carbocycles. The molecule has 0 atom stereocenters. The number of amides is 1. The number of nitrogens with one attached hydrogen (secondary N) is 1. The Morgan fingerprint density at radius 3 is 2.70 bits per heavy atom. The van der Waals surface area contributed by atoms with Gasteiger partial charge in [-0.2, -0.15) is 0 Å². The molecule has 0 fully saturated rings. The molecule has 0 radical (unpaired) electrons. The lowest BCUT2D eigenvalue weighted by Crippen LogP contribution is -2.27. The van der Waals surface area contributed by atoms with Crippen LogP contribution in [0.1, 0.15) is 16.1 Å². The Kier molecular flexibility index (Phi) is 5.43. The van der Waals surface area contributed by atoms with Crippen molar-refractivity contribution in [1.29, 1.82) is 0 Å². The van der Waals surface area contributed by atoms with Crippen LogP contribution in [0.15, 0.2) is 53.6 Å². The second-order valence-electron chi connectivity index (χ2n) is 4.63. The number of hydroxylamine groups is 1. The van der Waals surface area contributed by atoms with Crippen LogP contribution in [0.3, 0.4) is 0 Å². The first-order valence-corrected chi connectivity index (χ1v) is 8.20. The maximum absolute atomic E-state index is 12.2. The lowest BCUT2D eigenvalue weighted by atomic mass is 10.2. The van der Waals surface area contributed by atoms with E-state index in [4.69, 9.17) is 4.84 Å². The van der Waals surface area contributed by atoms with Crippen LogP contribution in [0.4, 0.5) is 0 Å². The zero-order valence-electron chi connectivity index (χ0n) is 12.8. The van der Waals surface area contributed by atoms with Crippen LogP contribution < -0.4 is 5.32 Å². The van der Waals surface area contributed by atoms with Crippen molar-refractivity contribution in [2.75, 3.05) is 14.2 Å². The van der Waals surface area contributed by atoms with Crippen LogP contribution >= 0.6 is 0 Å². The van der Waals surface area contributed by atoms with E-state index in [9.17, 15) is 13.2 Å². The molecule has 0 saturated heterocycles. The fourth-order valence-electron chi connectivity index (χ4n) is 1.82. The van der Waals surface area contributed by atoms with E-state index in [2.05, 4.69) is 10.3 Å². The molecule has 2 aromatic rings. The molecule has 1 N–H and O–H groups in total. The van der Waals surface area contributed by atoms with Gasteiger partial charge in [-0.1, -0.05) is 16.6 Å². The third-order valence-electron chi connectivity index (χ3n) is 3.15. The van der Waals surface area contributed by atoms with Crippen LogP contribution in [-0.4, -0.2) is 37.9 Å². The average molecular weight is 335 g/mol. The van der Waals surface area contributed by atoms with Gasteiger partial charge in [-0.05, 0) is 30.3 Å². The lowest BCUT2D eigenvalue weighted by Gasteiger charge is -2.14. The van der Waals surface area contributed by atoms with Crippen molar-refractivity contribution in [3.05, 3.63) is 59.9 Å². The maximum Gasteiger partial charge on any atom is 0.264 e. The quantitative estimate of drug-likeness (QED) is 0.801. The van der Waals surface area contributed by atoms with Gasteiger partial charge in [0.05, 0.1) is 24.2 Å². The van der Waals surface area contributed by atoms with E-state index in [1.165, 1.54) is 32.4 Å². The summed E-state index contributed by atoms with van der Waals surface area (Å²) in [7, 11) is -1.26. The number of benzene rings is 1. The predicted molar refractivity (Wildman–Crippen MR) is 83.8 cm³/mol. The lowest BCUT2D eigenvalue weighted by molar-refractivity contribution is -0.0258. The van der Waals surface area contributed by atoms with Crippen molar-refractivity contribution in [2.45, 2.75) is 11.4 Å². The third-order valence-corrected chi connectivity index (χ3v) is 4.82. The summed E-state index contributed by atoms with van der Waals surface area (Å²) in [6.07, 6.45) is 1.63. The molecule has 122 valence electrons. The highest BCUT2D eigenvalue weighted by Gasteiger charge is 2.21. The third kappa shape index (κ3) is 4.13. The number of sulfonamides is 1. The molecular weight excluding hydrogens is 318 g/mol. The molecule has 23 heavy (non-hydrogen) atoms. The fraction of sp³-hybridized carbons (Fsp3) is 0.200. The van der Waals surface area contributed by atoms with Crippen LogP contribution in [0, 0.1) is 0 Å². The number of hydrogen-bond donors (Lipinski definition) is 1. The molecule has 1 heterocycles. The fourth-order valence-corrected chi connectivity index (χ4v) is 2.84. The average Bonchev–Trinajstić information content (AvgIpc) is 2.59. The number of nitrogens with zero attached hydrogens (tertiary/aromatic N) is 2. The topological polar surface area (TPSA) is 88.6 Å². The van der Waals surface area contributed by atoms with E-state index in [1.54, 1.807) is 24.4 Å². The van der Waals surface area contributed by atoms with Gasteiger partial charge in [0.1, 0.15) is 0 Å². The van der Waals surface area contributed by atoms with Crippen molar-refractivity contribution in [3.63, 3.8) is 0 Å². The molecule has 1 aromatic heterocycles. The zero-order chi connectivity index (χ0) is 16.9. The number of carbonyl (C=O) groups is 1. The van der Waals surface area contributed by atoms with Gasteiger partial charge in [-0.15, -0.1) is 0 Å². The SMILES string of the molecule is CON(C)S(=O)(=O)c1cccc(C(=O)NCc2ccccn2)c1. The summed E-state index contributed by atoms with van der Waals surface area (Å²) < 4.78 is 25.1. The first kappa shape index (κ1) is 17.1. The van der Waals surface area contributed by atoms with E-state index in [0.717, 1.165) is 4.47 Å². The first-order chi connectivity index (χ1) is 10.9. The summed E-state index contributed by atoms with van der Waals surface area (Å²) in [5.74, 6) is -0.382. The molecule has 0 bridgehead atoms. The van der Waals surface area contributed by atoms with Crippen LogP contribution in [0.2, 0.25) is 0 Å². The molecular formula is C15H17N3O4S. The van der Waals surface area contributed by atoms with Gasteiger partial charge in [0.25, 0.3) is 15.9 Å². The summed E-state index contributed by atoms with van der Waals surface area (Å²) in [6, 6.07) is 11.1. The van der Waals surface area contributed by atoms with Crippen molar-refractivity contribution < 1.29 is 18.0 Å². The van der Waals surface area contributed by atoms with E-state index in [0.29, 0.717) is 5.69 Å². The molecule has 0 unspecified atom stereocenters. The highest BCUT2D eigenvalue weighted by atomic mass is 32.2. The van der Waals surface area contributed by atoms with Gasteiger partial charge in [0.15, 0.2) is 0 Å². The first-order valence-electron chi connectivity index (χ1n) is 6.76. The summed E-state index contributed by atoms with van der Waals surface area (Å²) >= 11 is 0. The van der Waals surface area contributed by atoms with Gasteiger partial charge in [-0.25, -0.2) is 8.42 Å². The van der Waals surface area contributed by atoms with Crippen LogP contribution in [0.5, 0.6) is 0 Å². The summed E-state index contributed by atoms with van der Waals surface area (Å²) in [4.78, 5) is 21.0. The van der Waals surface area contributed by atoms with Gasteiger partial charge in [-0.3, -0.25) is 14.6 Å². The van der Waals surface area contributed by atoms with Crippen LogP contribution in [0.25, 0.3) is 0 Å². The van der Waals surface area contributed by atoms with E-state index < -0.39 is 10.0 Å². The smallest absolute Gasteiger partial charge is 0.264 e. The number of hydrogen-bond acceptors (Lipinski definition) is 5.